The quantitative estimate of drug-likeness (QED) is 0.695. The first-order chi connectivity index (χ1) is 12.5. The van der Waals surface area contributed by atoms with Gasteiger partial charge in [0.1, 0.15) is 11.6 Å². The van der Waals surface area contributed by atoms with Gasteiger partial charge in [-0.1, -0.05) is 24.3 Å². The SMILES string of the molecule is Cc1ccc(C)c(OCC(=O)Nc2ncc(Cc3ccc(F)cc3)s2)c1. The van der Waals surface area contributed by atoms with Gasteiger partial charge in [-0.25, -0.2) is 9.37 Å². The van der Waals surface area contributed by atoms with Crippen molar-refractivity contribution in [1.82, 2.24) is 4.98 Å². The van der Waals surface area contributed by atoms with E-state index in [9.17, 15) is 9.18 Å². The van der Waals surface area contributed by atoms with E-state index in [-0.39, 0.29) is 18.3 Å². The predicted molar refractivity (Wildman–Crippen MR) is 101 cm³/mol. The fourth-order valence-corrected chi connectivity index (χ4v) is 3.27. The molecule has 0 saturated heterocycles. The number of aryl methyl sites for hydroxylation is 2. The second-order valence-electron chi connectivity index (χ2n) is 6.04. The number of hydrogen-bond acceptors (Lipinski definition) is 4. The number of hydrogen-bond donors (Lipinski definition) is 1. The largest absolute Gasteiger partial charge is 0.483 e. The van der Waals surface area contributed by atoms with Crippen LogP contribution in [0.4, 0.5) is 9.52 Å². The van der Waals surface area contributed by atoms with E-state index >= 15 is 0 Å². The zero-order valence-corrected chi connectivity index (χ0v) is 15.4. The number of ether oxygens (including phenoxy) is 1. The summed E-state index contributed by atoms with van der Waals surface area (Å²) in [5, 5.41) is 3.27. The molecule has 0 aliphatic rings. The van der Waals surface area contributed by atoms with Crippen LogP contribution < -0.4 is 10.1 Å². The molecule has 1 amide bonds. The Morgan fingerprint density at radius 3 is 2.73 bits per heavy atom. The van der Waals surface area contributed by atoms with Gasteiger partial charge in [0.2, 0.25) is 0 Å². The van der Waals surface area contributed by atoms with Gasteiger partial charge >= 0.3 is 0 Å². The van der Waals surface area contributed by atoms with Gasteiger partial charge in [-0.05, 0) is 48.7 Å². The summed E-state index contributed by atoms with van der Waals surface area (Å²) in [4.78, 5) is 17.3. The van der Waals surface area contributed by atoms with Crippen LogP contribution in [0, 0.1) is 19.7 Å². The van der Waals surface area contributed by atoms with Crippen molar-refractivity contribution in [3.8, 4) is 5.75 Å². The summed E-state index contributed by atoms with van der Waals surface area (Å²) in [6, 6.07) is 12.2. The molecule has 0 radical (unpaired) electrons. The maximum absolute atomic E-state index is 12.9. The molecule has 26 heavy (non-hydrogen) atoms. The van der Waals surface area contributed by atoms with Gasteiger partial charge in [-0.15, -0.1) is 11.3 Å². The molecule has 3 aromatic rings. The highest BCUT2D eigenvalue weighted by Crippen LogP contribution is 2.22. The van der Waals surface area contributed by atoms with E-state index in [0.29, 0.717) is 17.3 Å². The predicted octanol–water partition coefficient (Wildman–Crippen LogP) is 4.51. The average Bonchev–Trinajstić information content (AvgIpc) is 3.04. The minimum atomic E-state index is -0.256. The molecule has 4 nitrogen and oxygen atoms in total. The van der Waals surface area contributed by atoms with E-state index in [1.165, 1.54) is 23.5 Å². The van der Waals surface area contributed by atoms with Crippen molar-refractivity contribution in [3.63, 3.8) is 0 Å². The zero-order valence-electron chi connectivity index (χ0n) is 14.6. The molecule has 0 bridgehead atoms. The third-order valence-electron chi connectivity index (χ3n) is 3.79. The van der Waals surface area contributed by atoms with E-state index in [1.54, 1.807) is 18.3 Å². The standard InChI is InChI=1S/C20H19FN2O2S/c1-13-3-4-14(2)18(9-13)25-12-19(24)23-20-22-11-17(26-20)10-15-5-7-16(21)8-6-15/h3-9,11H,10,12H2,1-2H3,(H,22,23,24). The first kappa shape index (κ1) is 18.1. The Hall–Kier alpha value is -2.73. The van der Waals surface area contributed by atoms with Gasteiger partial charge in [-0.2, -0.15) is 0 Å². The van der Waals surface area contributed by atoms with Crippen LogP contribution in [0.25, 0.3) is 0 Å². The number of rotatable bonds is 6. The molecule has 6 heteroatoms. The van der Waals surface area contributed by atoms with Gasteiger partial charge in [-0.3, -0.25) is 10.1 Å². The summed E-state index contributed by atoms with van der Waals surface area (Å²) >= 11 is 1.40. The monoisotopic (exact) mass is 370 g/mol. The van der Waals surface area contributed by atoms with Gasteiger partial charge in [0.25, 0.3) is 5.91 Å². The maximum atomic E-state index is 12.9. The maximum Gasteiger partial charge on any atom is 0.264 e. The van der Waals surface area contributed by atoms with Gasteiger partial charge in [0.15, 0.2) is 11.7 Å². The van der Waals surface area contributed by atoms with Crippen LogP contribution >= 0.6 is 11.3 Å². The summed E-state index contributed by atoms with van der Waals surface area (Å²) in [5.41, 5.74) is 3.06. The molecule has 0 saturated carbocycles. The lowest BCUT2D eigenvalue weighted by Crippen LogP contribution is -2.20. The fourth-order valence-electron chi connectivity index (χ4n) is 2.41. The van der Waals surface area contributed by atoms with Crippen LogP contribution in [0.5, 0.6) is 5.75 Å². The molecule has 2 aromatic carbocycles. The Balaban J connectivity index is 1.54. The first-order valence-corrected chi connectivity index (χ1v) is 9.00. The molecule has 0 aliphatic carbocycles. The lowest BCUT2D eigenvalue weighted by molar-refractivity contribution is -0.118. The second kappa shape index (κ2) is 8.10. The number of amides is 1. The van der Waals surface area contributed by atoms with Gasteiger partial charge < -0.3 is 4.74 Å². The van der Waals surface area contributed by atoms with Crippen LogP contribution in [0.15, 0.2) is 48.7 Å². The van der Waals surface area contributed by atoms with Crippen molar-refractivity contribution < 1.29 is 13.9 Å². The summed E-state index contributed by atoms with van der Waals surface area (Å²) in [7, 11) is 0. The van der Waals surface area contributed by atoms with Gasteiger partial charge in [0, 0.05) is 17.5 Å². The second-order valence-corrected chi connectivity index (χ2v) is 7.16. The van der Waals surface area contributed by atoms with Crippen molar-refractivity contribution in [1.29, 1.82) is 0 Å². The van der Waals surface area contributed by atoms with Crippen LogP contribution in [-0.2, 0) is 11.2 Å². The molecule has 134 valence electrons. The molecule has 1 heterocycles. The van der Waals surface area contributed by atoms with Crippen LogP contribution in [-0.4, -0.2) is 17.5 Å². The Bertz CT molecular complexity index is 906. The summed E-state index contributed by atoms with van der Waals surface area (Å²) in [6.45, 7) is 3.84. The lowest BCUT2D eigenvalue weighted by Gasteiger charge is -2.09. The summed E-state index contributed by atoms with van der Waals surface area (Å²) in [6.07, 6.45) is 2.36. The summed E-state index contributed by atoms with van der Waals surface area (Å²) < 4.78 is 18.5. The van der Waals surface area contributed by atoms with E-state index in [0.717, 1.165) is 21.6 Å². The molecule has 1 N–H and O–H groups in total. The van der Waals surface area contributed by atoms with Crippen LogP contribution in [0.2, 0.25) is 0 Å². The minimum Gasteiger partial charge on any atom is -0.483 e. The number of nitrogens with one attached hydrogen (secondary N) is 1. The minimum absolute atomic E-state index is 0.0723. The average molecular weight is 370 g/mol. The zero-order chi connectivity index (χ0) is 18.5. The van der Waals surface area contributed by atoms with E-state index in [1.807, 2.05) is 32.0 Å². The molecule has 1 aromatic heterocycles. The number of carbonyl (C=O) groups is 1. The van der Waals surface area contributed by atoms with E-state index in [2.05, 4.69) is 10.3 Å². The number of thiazole rings is 1. The number of anilines is 1. The fraction of sp³-hybridized carbons (Fsp3) is 0.200. The van der Waals surface area contributed by atoms with E-state index in [4.69, 9.17) is 4.74 Å². The Morgan fingerprint density at radius 1 is 1.19 bits per heavy atom. The molecule has 0 unspecified atom stereocenters. The third kappa shape index (κ3) is 4.89. The number of halogens is 1. The normalized spacial score (nSPS) is 10.6. The topological polar surface area (TPSA) is 51.2 Å². The van der Waals surface area contributed by atoms with Crippen molar-refractivity contribution in [3.05, 3.63) is 76.0 Å². The van der Waals surface area contributed by atoms with Gasteiger partial charge in [0.05, 0.1) is 0 Å². The molecule has 0 atom stereocenters. The Labute approximate surface area is 155 Å². The van der Waals surface area contributed by atoms with Crippen molar-refractivity contribution in [2.75, 3.05) is 11.9 Å². The number of aromatic nitrogens is 1. The van der Waals surface area contributed by atoms with Crippen molar-refractivity contribution >= 4 is 22.4 Å². The molecule has 0 fully saturated rings. The molecule has 0 spiro atoms. The molecular weight excluding hydrogens is 351 g/mol. The number of benzene rings is 2. The van der Waals surface area contributed by atoms with E-state index < -0.39 is 0 Å². The summed E-state index contributed by atoms with van der Waals surface area (Å²) in [5.74, 6) is 0.194. The molecular formula is C20H19FN2O2S. The van der Waals surface area contributed by atoms with Crippen LogP contribution in [0.3, 0.4) is 0 Å². The van der Waals surface area contributed by atoms with Crippen molar-refractivity contribution in [2.45, 2.75) is 20.3 Å². The number of nitrogens with zero attached hydrogens (tertiary/aromatic N) is 1. The Kier molecular flexibility index (Phi) is 5.63. The van der Waals surface area contributed by atoms with Crippen LogP contribution in [0.1, 0.15) is 21.6 Å². The lowest BCUT2D eigenvalue weighted by atomic mass is 10.1. The first-order valence-electron chi connectivity index (χ1n) is 8.18. The molecule has 0 aliphatic heterocycles. The highest BCUT2D eigenvalue weighted by atomic mass is 32.1. The smallest absolute Gasteiger partial charge is 0.264 e. The van der Waals surface area contributed by atoms with Crippen molar-refractivity contribution in [2.24, 2.45) is 0 Å². The molecule has 3 rings (SSSR count). The highest BCUT2D eigenvalue weighted by molar-refractivity contribution is 7.15. The Morgan fingerprint density at radius 2 is 1.96 bits per heavy atom. The third-order valence-corrected chi connectivity index (χ3v) is 4.71. The number of carbonyl (C=O) groups excluding carboxylic acids is 1. The highest BCUT2D eigenvalue weighted by Gasteiger charge is 2.09.